The van der Waals surface area contributed by atoms with Gasteiger partial charge >= 0.3 is 6.18 Å². The van der Waals surface area contributed by atoms with Gasteiger partial charge in [0.25, 0.3) is 0 Å². The van der Waals surface area contributed by atoms with Crippen molar-refractivity contribution in [3.63, 3.8) is 0 Å². The van der Waals surface area contributed by atoms with E-state index in [1.807, 2.05) is 0 Å². The van der Waals surface area contributed by atoms with Crippen LogP contribution in [0.15, 0.2) is 41.5 Å². The van der Waals surface area contributed by atoms with Crippen LogP contribution in [-0.2, 0) is 20.6 Å². The molecule has 1 aromatic rings. The number of carbonyl (C=O) groups is 3. The van der Waals surface area contributed by atoms with E-state index in [4.69, 9.17) is 0 Å². The van der Waals surface area contributed by atoms with E-state index in [0.29, 0.717) is 0 Å². The average Bonchev–Trinajstić information content (AvgIpc) is 3.13. The fourth-order valence-electron chi connectivity index (χ4n) is 4.36. The molecule has 0 saturated carbocycles. The van der Waals surface area contributed by atoms with E-state index < -0.39 is 52.9 Å². The number of benzene rings is 1. The molecule has 0 radical (unpaired) electrons. The zero-order valence-electron chi connectivity index (χ0n) is 16.6. The van der Waals surface area contributed by atoms with Crippen LogP contribution in [0.4, 0.5) is 18.9 Å². The number of ketones is 1. The number of halogens is 3. The number of rotatable bonds is 2. The second-order valence-corrected chi connectivity index (χ2v) is 8.69. The molecule has 6 nitrogen and oxygen atoms in total. The fraction of sp³-hybridized carbons (Fsp3) is 0.429. The molecule has 4 rings (SSSR count). The van der Waals surface area contributed by atoms with Gasteiger partial charge in [-0.25, -0.2) is 4.90 Å². The van der Waals surface area contributed by atoms with Crippen molar-refractivity contribution in [1.82, 2.24) is 5.01 Å². The van der Waals surface area contributed by atoms with Crippen LogP contribution < -0.4 is 4.90 Å². The molecule has 1 aromatic carbocycles. The number of carbonyl (C=O) groups excluding carboxylic acids is 3. The third-order valence-corrected chi connectivity index (χ3v) is 5.73. The van der Waals surface area contributed by atoms with Crippen LogP contribution in [0.2, 0.25) is 0 Å². The number of alkyl halides is 3. The molecule has 0 N–H and O–H groups in total. The lowest BCUT2D eigenvalue weighted by atomic mass is 9.80. The molecule has 4 atom stereocenters. The molecule has 0 bridgehead atoms. The monoisotopic (exact) mass is 419 g/mol. The number of hydrogen-bond acceptors (Lipinski definition) is 5. The summed E-state index contributed by atoms with van der Waals surface area (Å²) in [5.74, 6) is -3.45. The first-order chi connectivity index (χ1) is 13.9. The number of fused-ring (bicyclic) bond motifs is 3. The van der Waals surface area contributed by atoms with E-state index >= 15 is 0 Å². The van der Waals surface area contributed by atoms with E-state index in [1.54, 1.807) is 32.9 Å². The Hall–Kier alpha value is -2.97. The highest BCUT2D eigenvalue weighted by atomic mass is 19.4. The number of anilines is 1. The zero-order chi connectivity index (χ0) is 22.0. The lowest BCUT2D eigenvalue weighted by Gasteiger charge is -2.33. The summed E-state index contributed by atoms with van der Waals surface area (Å²) >= 11 is 0. The Morgan fingerprint density at radius 3 is 2.37 bits per heavy atom. The molecular weight excluding hydrogens is 399 g/mol. The van der Waals surface area contributed by atoms with E-state index in [9.17, 15) is 27.6 Å². The summed E-state index contributed by atoms with van der Waals surface area (Å²) in [6.07, 6.45) is 0.203. The predicted molar refractivity (Wildman–Crippen MR) is 102 cm³/mol. The predicted octanol–water partition coefficient (Wildman–Crippen LogP) is 3.03. The summed E-state index contributed by atoms with van der Waals surface area (Å²) in [6.45, 7) is 5.15. The van der Waals surface area contributed by atoms with Gasteiger partial charge in [-0.3, -0.25) is 19.4 Å². The second kappa shape index (κ2) is 6.52. The lowest BCUT2D eigenvalue weighted by molar-refractivity contribution is -0.137. The maximum absolute atomic E-state index is 13.3. The van der Waals surface area contributed by atoms with Gasteiger partial charge in [-0.2, -0.15) is 18.3 Å². The smallest absolute Gasteiger partial charge is 0.297 e. The zero-order valence-corrected chi connectivity index (χ0v) is 16.6. The van der Waals surface area contributed by atoms with Crippen molar-refractivity contribution in [2.45, 2.75) is 39.0 Å². The maximum Gasteiger partial charge on any atom is 0.416 e. The third kappa shape index (κ3) is 2.95. The second-order valence-electron chi connectivity index (χ2n) is 8.69. The minimum atomic E-state index is -4.61. The molecular formula is C21H20F3N3O3. The summed E-state index contributed by atoms with van der Waals surface area (Å²) in [7, 11) is 0. The van der Waals surface area contributed by atoms with Gasteiger partial charge < -0.3 is 0 Å². The number of imide groups is 1. The Bertz CT molecular complexity index is 993. The first-order valence-electron chi connectivity index (χ1n) is 9.51. The van der Waals surface area contributed by atoms with Crippen LogP contribution in [0, 0.1) is 17.3 Å². The first kappa shape index (κ1) is 20.3. The van der Waals surface area contributed by atoms with E-state index in [0.717, 1.165) is 23.1 Å². The molecule has 2 fully saturated rings. The van der Waals surface area contributed by atoms with Crippen molar-refractivity contribution in [2.75, 3.05) is 4.90 Å². The topological polar surface area (TPSA) is 70.0 Å². The summed E-state index contributed by atoms with van der Waals surface area (Å²) in [5.41, 5.74) is -1.90. The van der Waals surface area contributed by atoms with Crippen molar-refractivity contribution in [3.05, 3.63) is 42.0 Å². The third-order valence-electron chi connectivity index (χ3n) is 5.73. The number of hydrazone groups is 1. The Morgan fingerprint density at radius 1 is 1.07 bits per heavy atom. The van der Waals surface area contributed by atoms with E-state index in [-0.39, 0.29) is 11.5 Å². The highest BCUT2D eigenvalue weighted by molar-refractivity contribution is 6.24. The average molecular weight is 419 g/mol. The van der Waals surface area contributed by atoms with Crippen LogP contribution in [0.5, 0.6) is 0 Å². The highest BCUT2D eigenvalue weighted by Crippen LogP contribution is 2.47. The van der Waals surface area contributed by atoms with Crippen molar-refractivity contribution >= 4 is 29.5 Å². The number of hydrogen-bond donors (Lipinski definition) is 0. The van der Waals surface area contributed by atoms with Crippen LogP contribution in [-0.4, -0.2) is 40.9 Å². The van der Waals surface area contributed by atoms with Crippen molar-refractivity contribution in [1.29, 1.82) is 0 Å². The standard InChI is InChI=1S/C21H20F3N3O3/c1-20(2,3)17(28)16-15-14(13-8-5-9-25-27(13)16)18(29)26(19(15)30)12-7-4-6-11(10-12)21(22,23)24/h4-10,13-16H,1-3H3/t13-,14-,15-,16+/m1/s1. The molecule has 9 heteroatoms. The quantitative estimate of drug-likeness (QED) is 0.691. The van der Waals surface area contributed by atoms with E-state index in [1.165, 1.54) is 17.3 Å². The van der Waals surface area contributed by atoms with Gasteiger partial charge in [0.2, 0.25) is 11.8 Å². The molecule has 0 spiro atoms. The Balaban J connectivity index is 1.78. The molecule has 0 unspecified atom stereocenters. The minimum Gasteiger partial charge on any atom is -0.297 e. The van der Waals surface area contributed by atoms with Crippen LogP contribution >= 0.6 is 0 Å². The summed E-state index contributed by atoms with van der Waals surface area (Å²) in [4.78, 5) is 40.5. The lowest BCUT2D eigenvalue weighted by Crippen LogP contribution is -2.49. The SMILES string of the molecule is CC(C)(C)C(=O)[C@@H]1[C@@H]2C(=O)N(c3cccc(C(F)(F)F)c3)C(=O)[C@@H]2[C@H]2C=CC=NN21. The summed E-state index contributed by atoms with van der Waals surface area (Å²) in [5, 5.41) is 5.72. The Kier molecular flexibility index (Phi) is 4.41. The first-order valence-corrected chi connectivity index (χ1v) is 9.51. The van der Waals surface area contributed by atoms with Gasteiger partial charge in [0, 0.05) is 11.6 Å². The van der Waals surface area contributed by atoms with Crippen LogP contribution in [0.1, 0.15) is 26.3 Å². The highest BCUT2D eigenvalue weighted by Gasteiger charge is 2.64. The van der Waals surface area contributed by atoms with Gasteiger partial charge in [0.05, 0.1) is 29.1 Å². The molecule has 3 aliphatic heterocycles. The molecule has 30 heavy (non-hydrogen) atoms. The molecule has 2 saturated heterocycles. The molecule has 3 aliphatic rings. The number of amides is 2. The number of allylic oxidation sites excluding steroid dienone is 1. The largest absolute Gasteiger partial charge is 0.416 e. The summed E-state index contributed by atoms with van der Waals surface area (Å²) in [6, 6.07) is 2.53. The van der Waals surface area contributed by atoms with Crippen LogP contribution in [0.3, 0.4) is 0 Å². The van der Waals surface area contributed by atoms with Gasteiger partial charge in [-0.1, -0.05) is 32.9 Å². The molecule has 0 aliphatic carbocycles. The maximum atomic E-state index is 13.3. The normalized spacial score (nSPS) is 28.2. The van der Waals surface area contributed by atoms with Crippen molar-refractivity contribution in [3.8, 4) is 0 Å². The Morgan fingerprint density at radius 2 is 1.73 bits per heavy atom. The van der Waals surface area contributed by atoms with Gasteiger partial charge in [0.15, 0.2) is 5.78 Å². The van der Waals surface area contributed by atoms with Gasteiger partial charge in [-0.05, 0) is 24.3 Å². The Labute approximate surface area is 171 Å². The summed E-state index contributed by atoms with van der Waals surface area (Å²) < 4.78 is 39.4. The molecule has 0 aromatic heterocycles. The minimum absolute atomic E-state index is 0.147. The van der Waals surface area contributed by atoms with E-state index in [2.05, 4.69) is 5.10 Å². The van der Waals surface area contributed by atoms with Crippen LogP contribution in [0.25, 0.3) is 0 Å². The molecule has 2 amide bonds. The van der Waals surface area contributed by atoms with Crippen molar-refractivity contribution in [2.24, 2.45) is 22.4 Å². The van der Waals surface area contributed by atoms with Gasteiger partial charge in [0.1, 0.15) is 6.04 Å². The van der Waals surface area contributed by atoms with Gasteiger partial charge in [-0.15, -0.1) is 0 Å². The fourth-order valence-corrected chi connectivity index (χ4v) is 4.36. The number of nitrogens with zero attached hydrogens (tertiary/aromatic N) is 3. The number of Topliss-reactive ketones (excluding diaryl/α,β-unsaturated/α-hetero) is 1. The molecule has 158 valence electrons. The van der Waals surface area contributed by atoms with Crippen molar-refractivity contribution < 1.29 is 27.6 Å². The molecule has 3 heterocycles.